The average Bonchev–Trinajstić information content (AvgIpc) is 2.09. The van der Waals surface area contributed by atoms with E-state index in [4.69, 9.17) is 23.2 Å². The van der Waals surface area contributed by atoms with Crippen molar-refractivity contribution < 1.29 is 4.92 Å². The van der Waals surface area contributed by atoms with E-state index >= 15 is 0 Å². The zero-order valence-electron chi connectivity index (χ0n) is 8.11. The first-order valence-corrected chi connectivity index (χ1v) is 5.47. The van der Waals surface area contributed by atoms with Gasteiger partial charge in [0.1, 0.15) is 0 Å². The number of anilines is 1. The summed E-state index contributed by atoms with van der Waals surface area (Å²) in [6.07, 6.45) is 3.05. The van der Waals surface area contributed by atoms with Crippen LogP contribution in [-0.4, -0.2) is 20.9 Å². The van der Waals surface area contributed by atoms with Gasteiger partial charge in [0.2, 0.25) is 16.3 Å². The summed E-state index contributed by atoms with van der Waals surface area (Å²) in [6.45, 7) is 0. The van der Waals surface area contributed by atoms with Gasteiger partial charge in [-0.25, -0.2) is 0 Å². The van der Waals surface area contributed by atoms with E-state index in [0.29, 0.717) is 0 Å². The molecule has 0 aromatic carbocycles. The van der Waals surface area contributed by atoms with Crippen LogP contribution in [0.2, 0.25) is 10.4 Å². The fraction of sp³-hybridized carbons (Fsp3) is 0.500. The number of hydrogen-bond acceptors (Lipinski definition) is 5. The topological polar surface area (TPSA) is 81.0 Å². The highest BCUT2D eigenvalue weighted by Gasteiger charge is 2.27. The molecule has 1 aromatic rings. The highest BCUT2D eigenvalue weighted by atomic mass is 35.5. The zero-order chi connectivity index (χ0) is 11.7. The van der Waals surface area contributed by atoms with E-state index in [0.717, 1.165) is 19.3 Å². The number of nitrogens with one attached hydrogen (secondary N) is 1. The van der Waals surface area contributed by atoms with Gasteiger partial charge >= 0.3 is 5.69 Å². The van der Waals surface area contributed by atoms with Crippen LogP contribution in [0.25, 0.3) is 0 Å². The highest BCUT2D eigenvalue weighted by Crippen LogP contribution is 2.33. The van der Waals surface area contributed by atoms with Crippen LogP contribution in [0.15, 0.2) is 0 Å². The van der Waals surface area contributed by atoms with Crippen molar-refractivity contribution in [2.75, 3.05) is 5.32 Å². The fourth-order valence-electron chi connectivity index (χ4n) is 1.41. The smallest absolute Gasteiger partial charge is 0.348 e. The molecule has 0 saturated heterocycles. The summed E-state index contributed by atoms with van der Waals surface area (Å²) in [6, 6.07) is 0.209. The van der Waals surface area contributed by atoms with Gasteiger partial charge in [-0.2, -0.15) is 9.97 Å². The zero-order valence-corrected chi connectivity index (χ0v) is 9.62. The molecule has 1 fully saturated rings. The van der Waals surface area contributed by atoms with Crippen molar-refractivity contribution in [1.82, 2.24) is 9.97 Å². The third kappa shape index (κ3) is 2.17. The van der Waals surface area contributed by atoms with Gasteiger partial charge in [-0.1, -0.05) is 11.6 Å². The van der Waals surface area contributed by atoms with E-state index in [9.17, 15) is 10.1 Å². The second-order valence-corrected chi connectivity index (χ2v) is 4.21. The Bertz CT molecular complexity index is 436. The summed E-state index contributed by atoms with van der Waals surface area (Å²) in [5, 5.41) is 13.4. The van der Waals surface area contributed by atoms with Gasteiger partial charge in [0.15, 0.2) is 0 Å². The molecule has 0 atom stereocenters. The van der Waals surface area contributed by atoms with Crippen molar-refractivity contribution in [1.29, 1.82) is 0 Å². The van der Waals surface area contributed by atoms with Crippen molar-refractivity contribution in [2.45, 2.75) is 25.3 Å². The average molecular weight is 263 g/mol. The number of halogens is 2. The maximum absolute atomic E-state index is 10.8. The summed E-state index contributed by atoms with van der Waals surface area (Å²) in [7, 11) is 0. The van der Waals surface area contributed by atoms with E-state index in [-0.39, 0.29) is 28.0 Å². The van der Waals surface area contributed by atoms with E-state index in [1.54, 1.807) is 0 Å². The molecule has 0 bridgehead atoms. The molecule has 8 heteroatoms. The van der Waals surface area contributed by atoms with Crippen molar-refractivity contribution >= 4 is 34.7 Å². The van der Waals surface area contributed by atoms with Gasteiger partial charge in [-0.05, 0) is 30.9 Å². The molecule has 0 unspecified atom stereocenters. The molecule has 0 aliphatic heterocycles. The first-order valence-electron chi connectivity index (χ1n) is 4.72. The van der Waals surface area contributed by atoms with Crippen LogP contribution in [0.3, 0.4) is 0 Å². The molecule has 6 nitrogen and oxygen atoms in total. The summed E-state index contributed by atoms with van der Waals surface area (Å²) >= 11 is 11.3. The molecule has 1 aliphatic rings. The van der Waals surface area contributed by atoms with Crippen LogP contribution >= 0.6 is 23.2 Å². The Hall–Kier alpha value is -1.14. The first kappa shape index (κ1) is 11.3. The van der Waals surface area contributed by atoms with Gasteiger partial charge in [0, 0.05) is 6.04 Å². The minimum atomic E-state index is -0.611. The molecule has 1 N–H and O–H groups in total. The van der Waals surface area contributed by atoms with Crippen LogP contribution in [-0.2, 0) is 0 Å². The van der Waals surface area contributed by atoms with Gasteiger partial charge in [-0.3, -0.25) is 10.1 Å². The SMILES string of the molecule is O=[N+]([O-])c1c(Cl)nc(Cl)nc1NC1CCC1. The molecular formula is C8H8Cl2N4O2. The maximum Gasteiger partial charge on any atom is 0.348 e. The number of rotatable bonds is 3. The monoisotopic (exact) mass is 262 g/mol. The Morgan fingerprint density at radius 1 is 1.38 bits per heavy atom. The Balaban J connectivity index is 2.35. The van der Waals surface area contributed by atoms with Crippen LogP contribution in [0, 0.1) is 10.1 Å². The number of aromatic nitrogens is 2. The molecule has 2 rings (SSSR count). The number of hydrogen-bond donors (Lipinski definition) is 1. The van der Waals surface area contributed by atoms with Crippen LogP contribution in [0.1, 0.15) is 19.3 Å². The maximum atomic E-state index is 10.8. The lowest BCUT2D eigenvalue weighted by Gasteiger charge is -2.26. The van der Waals surface area contributed by atoms with E-state index in [1.807, 2.05) is 0 Å². The summed E-state index contributed by atoms with van der Waals surface area (Å²) in [5.41, 5.74) is -0.321. The Labute approximate surface area is 101 Å². The molecule has 0 amide bonds. The van der Waals surface area contributed by atoms with Gasteiger partial charge in [0.25, 0.3) is 0 Å². The fourth-order valence-corrected chi connectivity index (χ4v) is 1.86. The summed E-state index contributed by atoms with van der Waals surface area (Å²) in [5.74, 6) is 0.0969. The van der Waals surface area contributed by atoms with Gasteiger partial charge < -0.3 is 5.32 Å². The molecule has 1 saturated carbocycles. The predicted molar refractivity (Wildman–Crippen MR) is 60.0 cm³/mol. The minimum Gasteiger partial charge on any atom is -0.361 e. The lowest BCUT2D eigenvalue weighted by atomic mass is 9.93. The van der Waals surface area contributed by atoms with E-state index < -0.39 is 4.92 Å². The normalized spacial score (nSPS) is 15.6. The lowest BCUT2D eigenvalue weighted by molar-refractivity contribution is -0.384. The molecular weight excluding hydrogens is 255 g/mol. The second-order valence-electron chi connectivity index (χ2n) is 3.51. The van der Waals surface area contributed by atoms with Crippen molar-refractivity contribution in [3.05, 3.63) is 20.6 Å². The van der Waals surface area contributed by atoms with Crippen molar-refractivity contribution in [3.8, 4) is 0 Å². The van der Waals surface area contributed by atoms with E-state index in [2.05, 4.69) is 15.3 Å². The summed E-state index contributed by atoms with van der Waals surface area (Å²) < 4.78 is 0. The van der Waals surface area contributed by atoms with Gasteiger partial charge in [-0.15, -0.1) is 0 Å². The molecule has 1 aliphatic carbocycles. The second kappa shape index (κ2) is 4.39. The third-order valence-corrected chi connectivity index (χ3v) is 2.88. The Kier molecular flexibility index (Phi) is 3.11. The quantitative estimate of drug-likeness (QED) is 0.392. The number of nitrogens with zero attached hydrogens (tertiary/aromatic N) is 3. The van der Waals surface area contributed by atoms with Crippen LogP contribution < -0.4 is 5.32 Å². The number of nitro groups is 1. The molecule has 0 spiro atoms. The largest absolute Gasteiger partial charge is 0.361 e. The van der Waals surface area contributed by atoms with Gasteiger partial charge in [0.05, 0.1) is 4.92 Å². The predicted octanol–water partition coefficient (Wildman–Crippen LogP) is 2.66. The van der Waals surface area contributed by atoms with Crippen molar-refractivity contribution in [3.63, 3.8) is 0 Å². The Morgan fingerprint density at radius 2 is 2.06 bits per heavy atom. The highest BCUT2D eigenvalue weighted by molar-refractivity contribution is 6.33. The van der Waals surface area contributed by atoms with Crippen LogP contribution in [0.4, 0.5) is 11.5 Å². The minimum absolute atomic E-state index is 0.0969. The standard InChI is InChI=1S/C8H8Cl2N4O2/c9-6-5(14(15)16)7(13-8(10)12-6)11-4-2-1-3-4/h4H,1-3H2,(H,11,12,13). The molecule has 86 valence electrons. The lowest BCUT2D eigenvalue weighted by Crippen LogP contribution is -2.28. The molecule has 0 radical (unpaired) electrons. The first-order chi connectivity index (χ1) is 7.58. The molecule has 1 aromatic heterocycles. The van der Waals surface area contributed by atoms with Crippen molar-refractivity contribution in [2.24, 2.45) is 0 Å². The molecule has 1 heterocycles. The third-order valence-electron chi connectivity index (χ3n) is 2.44. The van der Waals surface area contributed by atoms with Crippen LogP contribution in [0.5, 0.6) is 0 Å². The molecule has 16 heavy (non-hydrogen) atoms. The summed E-state index contributed by atoms with van der Waals surface area (Å²) in [4.78, 5) is 17.5. The Morgan fingerprint density at radius 3 is 2.56 bits per heavy atom. The van der Waals surface area contributed by atoms with E-state index in [1.165, 1.54) is 0 Å².